The lowest BCUT2D eigenvalue weighted by molar-refractivity contribution is -0.120. The Morgan fingerprint density at radius 3 is 3.06 bits per heavy atom. The van der Waals surface area contributed by atoms with E-state index in [0.717, 1.165) is 10.2 Å². The molecule has 1 rings (SSSR count). The summed E-state index contributed by atoms with van der Waals surface area (Å²) in [7, 11) is 0. The Morgan fingerprint density at radius 2 is 2.50 bits per heavy atom. The zero-order chi connectivity index (χ0) is 12.0. The van der Waals surface area contributed by atoms with Crippen LogP contribution in [0.25, 0.3) is 0 Å². The van der Waals surface area contributed by atoms with E-state index in [2.05, 4.69) is 33.1 Å². The SMILES string of the molecule is C=CCNC(=O)CNC(C)c1occc1Br. The molecule has 1 aromatic heterocycles. The van der Waals surface area contributed by atoms with Crippen molar-refractivity contribution >= 4 is 21.8 Å². The summed E-state index contributed by atoms with van der Waals surface area (Å²) < 4.78 is 6.18. The average Bonchev–Trinajstić information content (AvgIpc) is 2.69. The molecule has 0 bridgehead atoms. The molecule has 0 saturated carbocycles. The summed E-state index contributed by atoms with van der Waals surface area (Å²) in [6.07, 6.45) is 3.25. The first-order valence-electron chi connectivity index (χ1n) is 4.99. The van der Waals surface area contributed by atoms with Crippen LogP contribution in [-0.4, -0.2) is 19.0 Å². The van der Waals surface area contributed by atoms with E-state index in [4.69, 9.17) is 4.42 Å². The summed E-state index contributed by atoms with van der Waals surface area (Å²) >= 11 is 3.37. The van der Waals surface area contributed by atoms with E-state index >= 15 is 0 Å². The van der Waals surface area contributed by atoms with Gasteiger partial charge in [0.05, 0.1) is 23.3 Å². The largest absolute Gasteiger partial charge is 0.466 e. The number of hydrogen-bond acceptors (Lipinski definition) is 3. The van der Waals surface area contributed by atoms with Crippen molar-refractivity contribution in [3.63, 3.8) is 0 Å². The molecule has 1 atom stereocenters. The first-order valence-corrected chi connectivity index (χ1v) is 5.78. The van der Waals surface area contributed by atoms with Gasteiger partial charge in [0.25, 0.3) is 0 Å². The zero-order valence-electron chi connectivity index (χ0n) is 9.13. The van der Waals surface area contributed by atoms with E-state index in [0.29, 0.717) is 6.54 Å². The Hall–Kier alpha value is -1.07. The molecule has 1 heterocycles. The molecular weight excluding hydrogens is 272 g/mol. The fourth-order valence-corrected chi connectivity index (χ4v) is 1.75. The topological polar surface area (TPSA) is 54.3 Å². The van der Waals surface area contributed by atoms with Crippen molar-refractivity contribution in [3.8, 4) is 0 Å². The van der Waals surface area contributed by atoms with E-state index in [1.54, 1.807) is 12.3 Å². The smallest absolute Gasteiger partial charge is 0.234 e. The number of carbonyl (C=O) groups is 1. The van der Waals surface area contributed by atoms with E-state index in [-0.39, 0.29) is 18.5 Å². The number of nitrogens with one attached hydrogen (secondary N) is 2. The molecule has 4 nitrogen and oxygen atoms in total. The molecule has 0 fully saturated rings. The highest BCUT2D eigenvalue weighted by Crippen LogP contribution is 2.23. The lowest BCUT2D eigenvalue weighted by Crippen LogP contribution is -2.35. The molecular formula is C11H15BrN2O2. The molecule has 1 aromatic rings. The molecule has 0 aromatic carbocycles. The van der Waals surface area contributed by atoms with E-state index in [9.17, 15) is 4.79 Å². The molecule has 88 valence electrons. The second kappa shape index (κ2) is 6.50. The number of halogens is 1. The van der Waals surface area contributed by atoms with Crippen molar-refractivity contribution in [3.05, 3.63) is 35.2 Å². The molecule has 16 heavy (non-hydrogen) atoms. The van der Waals surface area contributed by atoms with Gasteiger partial charge in [-0.1, -0.05) is 6.08 Å². The average molecular weight is 287 g/mol. The fraction of sp³-hybridized carbons (Fsp3) is 0.364. The molecule has 0 aliphatic rings. The zero-order valence-corrected chi connectivity index (χ0v) is 10.7. The van der Waals surface area contributed by atoms with Crippen LogP contribution in [-0.2, 0) is 4.79 Å². The first kappa shape index (κ1) is 13.0. The van der Waals surface area contributed by atoms with Crippen LogP contribution in [0.3, 0.4) is 0 Å². The van der Waals surface area contributed by atoms with Crippen LogP contribution < -0.4 is 10.6 Å². The molecule has 1 unspecified atom stereocenters. The lowest BCUT2D eigenvalue weighted by Gasteiger charge is -2.11. The first-order chi connectivity index (χ1) is 7.65. The summed E-state index contributed by atoms with van der Waals surface area (Å²) in [5, 5.41) is 5.75. The second-order valence-electron chi connectivity index (χ2n) is 3.33. The fourth-order valence-electron chi connectivity index (χ4n) is 1.20. The quantitative estimate of drug-likeness (QED) is 0.787. The molecule has 0 radical (unpaired) electrons. The normalized spacial score (nSPS) is 12.1. The van der Waals surface area contributed by atoms with Gasteiger partial charge in [-0.3, -0.25) is 10.1 Å². The van der Waals surface area contributed by atoms with Crippen molar-refractivity contribution in [2.24, 2.45) is 0 Å². The number of carbonyl (C=O) groups excluding carboxylic acids is 1. The highest BCUT2D eigenvalue weighted by Gasteiger charge is 2.13. The van der Waals surface area contributed by atoms with Crippen molar-refractivity contribution in [2.45, 2.75) is 13.0 Å². The van der Waals surface area contributed by atoms with Crippen LogP contribution in [0.15, 0.2) is 33.9 Å². The van der Waals surface area contributed by atoms with Gasteiger partial charge in [0.2, 0.25) is 5.91 Å². The Labute approximate surface area is 103 Å². The van der Waals surface area contributed by atoms with Crippen molar-refractivity contribution in [1.82, 2.24) is 10.6 Å². The maximum atomic E-state index is 11.3. The van der Waals surface area contributed by atoms with Gasteiger partial charge in [-0.05, 0) is 28.9 Å². The molecule has 0 aliphatic carbocycles. The van der Waals surface area contributed by atoms with Gasteiger partial charge in [-0.25, -0.2) is 0 Å². The van der Waals surface area contributed by atoms with Crippen molar-refractivity contribution in [1.29, 1.82) is 0 Å². The van der Waals surface area contributed by atoms with Gasteiger partial charge < -0.3 is 9.73 Å². The highest BCUT2D eigenvalue weighted by atomic mass is 79.9. The van der Waals surface area contributed by atoms with E-state index < -0.39 is 0 Å². The summed E-state index contributed by atoms with van der Waals surface area (Å²) in [6, 6.07) is 1.81. The second-order valence-corrected chi connectivity index (χ2v) is 4.18. The van der Waals surface area contributed by atoms with Gasteiger partial charge >= 0.3 is 0 Å². The maximum Gasteiger partial charge on any atom is 0.234 e. The minimum atomic E-state index is -0.0607. The van der Waals surface area contributed by atoms with Crippen LogP contribution in [0.2, 0.25) is 0 Å². The van der Waals surface area contributed by atoms with Gasteiger partial charge in [0.1, 0.15) is 5.76 Å². The summed E-state index contributed by atoms with van der Waals surface area (Å²) in [4.78, 5) is 11.3. The van der Waals surface area contributed by atoms with Crippen LogP contribution in [0, 0.1) is 0 Å². The lowest BCUT2D eigenvalue weighted by atomic mass is 10.2. The minimum absolute atomic E-state index is 0.0149. The third-order valence-corrected chi connectivity index (χ3v) is 2.71. The minimum Gasteiger partial charge on any atom is -0.466 e. The third kappa shape index (κ3) is 3.83. The van der Waals surface area contributed by atoms with Gasteiger partial charge in [-0.2, -0.15) is 0 Å². The van der Waals surface area contributed by atoms with Crippen molar-refractivity contribution in [2.75, 3.05) is 13.1 Å². The van der Waals surface area contributed by atoms with Crippen LogP contribution in [0.4, 0.5) is 0 Å². The summed E-state index contributed by atoms with van der Waals surface area (Å²) in [6.45, 7) is 6.20. The predicted octanol–water partition coefficient (Wildman–Crippen LogP) is 1.99. The van der Waals surface area contributed by atoms with Crippen LogP contribution in [0.5, 0.6) is 0 Å². The third-order valence-electron chi connectivity index (χ3n) is 2.05. The molecule has 0 saturated heterocycles. The Bertz CT molecular complexity index is 363. The molecule has 0 spiro atoms. The number of rotatable bonds is 6. The Balaban J connectivity index is 2.35. The Kier molecular flexibility index (Phi) is 5.28. The number of furan rings is 1. The van der Waals surface area contributed by atoms with Crippen molar-refractivity contribution < 1.29 is 9.21 Å². The maximum absolute atomic E-state index is 11.3. The highest BCUT2D eigenvalue weighted by molar-refractivity contribution is 9.10. The van der Waals surface area contributed by atoms with Crippen LogP contribution >= 0.6 is 15.9 Å². The monoisotopic (exact) mass is 286 g/mol. The summed E-state index contributed by atoms with van der Waals surface area (Å²) in [5.41, 5.74) is 0. The standard InChI is InChI=1S/C11H15BrN2O2/c1-3-5-13-10(15)7-14-8(2)11-9(12)4-6-16-11/h3-4,6,8,14H,1,5,7H2,2H3,(H,13,15). The number of hydrogen-bond donors (Lipinski definition) is 2. The predicted molar refractivity (Wildman–Crippen MR) is 66.0 cm³/mol. The van der Waals surface area contributed by atoms with Gasteiger partial charge in [-0.15, -0.1) is 6.58 Å². The molecule has 0 aliphatic heterocycles. The molecule has 5 heteroatoms. The molecule has 1 amide bonds. The van der Waals surface area contributed by atoms with Gasteiger partial charge in [0.15, 0.2) is 0 Å². The summed E-state index contributed by atoms with van der Waals surface area (Å²) in [5.74, 6) is 0.728. The van der Waals surface area contributed by atoms with Crippen LogP contribution in [0.1, 0.15) is 18.7 Å². The van der Waals surface area contributed by atoms with Gasteiger partial charge in [0, 0.05) is 6.54 Å². The Morgan fingerprint density at radius 1 is 1.75 bits per heavy atom. The van der Waals surface area contributed by atoms with E-state index in [1.807, 2.05) is 13.0 Å². The molecule has 2 N–H and O–H groups in total. The van der Waals surface area contributed by atoms with E-state index in [1.165, 1.54) is 0 Å². The number of amides is 1.